The summed E-state index contributed by atoms with van der Waals surface area (Å²) in [5, 5.41) is 10.8. The number of para-hydroxylation sites is 1. The first-order chi connectivity index (χ1) is 14.2. The van der Waals surface area contributed by atoms with Crippen molar-refractivity contribution in [3.05, 3.63) is 78.0 Å². The van der Waals surface area contributed by atoms with Crippen LogP contribution in [0.2, 0.25) is 0 Å². The fraction of sp³-hybridized carbons (Fsp3) is 0.167. The predicted molar refractivity (Wildman–Crippen MR) is 121 cm³/mol. The van der Waals surface area contributed by atoms with Gasteiger partial charge < -0.3 is 9.88 Å². The molecule has 0 unspecified atom stereocenters. The number of carbonyl (C=O) groups excluding carboxylic acids is 1. The molecule has 0 aliphatic heterocycles. The molecule has 0 aliphatic carbocycles. The summed E-state index contributed by atoms with van der Waals surface area (Å²) in [5.74, 6) is -0.189. The van der Waals surface area contributed by atoms with Gasteiger partial charge >= 0.3 is 0 Å². The molecule has 0 fully saturated rings. The highest BCUT2D eigenvalue weighted by Crippen LogP contribution is 2.24. The minimum atomic E-state index is -0.189. The van der Waals surface area contributed by atoms with E-state index in [0.717, 1.165) is 39.6 Å². The van der Waals surface area contributed by atoms with Crippen LogP contribution in [0.25, 0.3) is 21.7 Å². The third kappa shape index (κ3) is 3.72. The number of benzene rings is 3. The molecule has 4 rings (SSSR count). The molecular weight excluding hydrogens is 360 g/mol. The Labute approximate surface area is 170 Å². The second-order valence-electron chi connectivity index (χ2n) is 6.93. The molecule has 29 heavy (non-hydrogen) atoms. The van der Waals surface area contributed by atoms with Crippen molar-refractivity contribution in [3.8, 4) is 0 Å². The van der Waals surface area contributed by atoms with Gasteiger partial charge in [0.2, 0.25) is 0 Å². The summed E-state index contributed by atoms with van der Waals surface area (Å²) in [7, 11) is 0. The predicted octanol–water partition coefficient (Wildman–Crippen LogP) is 4.69. The molecule has 0 bridgehead atoms. The van der Waals surface area contributed by atoms with Gasteiger partial charge in [-0.15, -0.1) is 0 Å². The summed E-state index contributed by atoms with van der Waals surface area (Å²) < 4.78 is 2.25. The van der Waals surface area contributed by atoms with E-state index < -0.39 is 0 Å². The SMILES string of the molecule is CCn1c(C)c(/C=N\NC(=O)CNc2cccc3ccccc23)c2ccccc21. The van der Waals surface area contributed by atoms with Gasteiger partial charge in [0.1, 0.15) is 0 Å². The molecule has 1 heterocycles. The number of aromatic nitrogens is 1. The molecule has 0 saturated heterocycles. The van der Waals surface area contributed by atoms with Crippen molar-refractivity contribution in [2.45, 2.75) is 20.4 Å². The van der Waals surface area contributed by atoms with Crippen LogP contribution in [-0.2, 0) is 11.3 Å². The molecule has 0 saturated carbocycles. The first kappa shape index (κ1) is 18.7. The number of anilines is 1. The number of rotatable bonds is 6. The Hall–Kier alpha value is -3.60. The third-order valence-electron chi connectivity index (χ3n) is 5.21. The lowest BCUT2D eigenvalue weighted by Gasteiger charge is -2.08. The molecule has 2 N–H and O–H groups in total. The monoisotopic (exact) mass is 384 g/mol. The minimum absolute atomic E-state index is 0.154. The fourth-order valence-electron chi connectivity index (χ4n) is 3.79. The van der Waals surface area contributed by atoms with E-state index in [4.69, 9.17) is 0 Å². The number of nitrogens with zero attached hydrogens (tertiary/aromatic N) is 2. The molecular formula is C24H24N4O. The highest BCUT2D eigenvalue weighted by Gasteiger charge is 2.11. The Balaban J connectivity index is 1.44. The standard InChI is InChI=1S/C24H24N4O/c1-3-28-17(2)21(20-12-6-7-14-23(20)28)15-26-27-24(29)16-25-22-13-8-10-18-9-4-5-11-19(18)22/h4-15,25H,3,16H2,1-2H3,(H,27,29)/b26-15-. The average Bonchev–Trinajstić information content (AvgIpc) is 3.03. The fourth-order valence-corrected chi connectivity index (χ4v) is 3.79. The lowest BCUT2D eigenvalue weighted by Crippen LogP contribution is -2.26. The van der Waals surface area contributed by atoms with Gasteiger partial charge in [-0.1, -0.05) is 54.6 Å². The topological polar surface area (TPSA) is 58.4 Å². The van der Waals surface area contributed by atoms with Crippen LogP contribution < -0.4 is 10.7 Å². The Morgan fingerprint density at radius 2 is 1.72 bits per heavy atom. The van der Waals surface area contributed by atoms with Crippen LogP contribution in [0.4, 0.5) is 5.69 Å². The summed E-state index contributed by atoms with van der Waals surface area (Å²) in [4.78, 5) is 12.3. The summed E-state index contributed by atoms with van der Waals surface area (Å²) in [5.41, 5.74) is 6.91. The van der Waals surface area contributed by atoms with Gasteiger partial charge in [-0.05, 0) is 31.4 Å². The quantitative estimate of drug-likeness (QED) is 0.374. The molecule has 146 valence electrons. The van der Waals surface area contributed by atoms with Gasteiger partial charge in [0, 0.05) is 39.8 Å². The largest absolute Gasteiger partial charge is 0.376 e. The second kappa shape index (κ2) is 8.19. The number of hydrogen-bond donors (Lipinski definition) is 2. The Bertz CT molecular complexity index is 1200. The van der Waals surface area contributed by atoms with E-state index in [0.29, 0.717) is 0 Å². The van der Waals surface area contributed by atoms with Crippen LogP contribution in [-0.4, -0.2) is 23.2 Å². The van der Waals surface area contributed by atoms with E-state index in [9.17, 15) is 4.79 Å². The molecule has 0 atom stereocenters. The zero-order chi connectivity index (χ0) is 20.2. The van der Waals surface area contributed by atoms with Gasteiger partial charge in [0.05, 0.1) is 12.8 Å². The second-order valence-corrected chi connectivity index (χ2v) is 6.93. The summed E-state index contributed by atoms with van der Waals surface area (Å²) in [6.45, 7) is 5.25. The molecule has 3 aromatic carbocycles. The molecule has 1 aromatic heterocycles. The lowest BCUT2D eigenvalue weighted by atomic mass is 10.1. The number of hydrazone groups is 1. The van der Waals surface area contributed by atoms with Crippen molar-refractivity contribution in [2.24, 2.45) is 5.10 Å². The lowest BCUT2D eigenvalue weighted by molar-refractivity contribution is -0.119. The van der Waals surface area contributed by atoms with E-state index in [1.54, 1.807) is 6.21 Å². The van der Waals surface area contributed by atoms with Crippen LogP contribution in [0.15, 0.2) is 71.8 Å². The number of hydrogen-bond acceptors (Lipinski definition) is 3. The van der Waals surface area contributed by atoms with E-state index in [-0.39, 0.29) is 12.5 Å². The van der Waals surface area contributed by atoms with Crippen LogP contribution in [0.1, 0.15) is 18.2 Å². The summed E-state index contributed by atoms with van der Waals surface area (Å²) >= 11 is 0. The van der Waals surface area contributed by atoms with Crippen molar-refractivity contribution in [2.75, 3.05) is 11.9 Å². The number of fused-ring (bicyclic) bond motifs is 2. The highest BCUT2D eigenvalue weighted by molar-refractivity contribution is 6.01. The van der Waals surface area contributed by atoms with Gasteiger partial charge in [-0.2, -0.15) is 5.10 Å². The maximum atomic E-state index is 12.3. The summed E-state index contributed by atoms with van der Waals surface area (Å²) in [6.07, 6.45) is 1.74. The normalized spacial score (nSPS) is 11.4. The molecule has 5 nitrogen and oxygen atoms in total. The molecule has 1 amide bonds. The maximum Gasteiger partial charge on any atom is 0.259 e. The zero-order valence-electron chi connectivity index (χ0n) is 16.6. The number of amides is 1. The average molecular weight is 384 g/mol. The van der Waals surface area contributed by atoms with Gasteiger partial charge in [0.25, 0.3) is 5.91 Å². The first-order valence-electron chi connectivity index (χ1n) is 9.80. The Morgan fingerprint density at radius 3 is 2.55 bits per heavy atom. The van der Waals surface area contributed by atoms with Crippen molar-refractivity contribution < 1.29 is 4.79 Å². The van der Waals surface area contributed by atoms with E-state index in [1.165, 1.54) is 5.52 Å². The maximum absolute atomic E-state index is 12.3. The van der Waals surface area contributed by atoms with Crippen molar-refractivity contribution in [3.63, 3.8) is 0 Å². The van der Waals surface area contributed by atoms with Crippen molar-refractivity contribution in [1.29, 1.82) is 0 Å². The minimum Gasteiger partial charge on any atom is -0.376 e. The van der Waals surface area contributed by atoms with Gasteiger partial charge in [-0.3, -0.25) is 4.79 Å². The van der Waals surface area contributed by atoms with Crippen LogP contribution >= 0.6 is 0 Å². The number of nitrogens with one attached hydrogen (secondary N) is 2. The zero-order valence-corrected chi connectivity index (χ0v) is 16.6. The van der Waals surface area contributed by atoms with Gasteiger partial charge in [0.15, 0.2) is 0 Å². The molecule has 0 spiro atoms. The smallest absolute Gasteiger partial charge is 0.259 e. The van der Waals surface area contributed by atoms with Crippen molar-refractivity contribution >= 4 is 39.5 Å². The third-order valence-corrected chi connectivity index (χ3v) is 5.21. The van der Waals surface area contributed by atoms with Crippen LogP contribution in [0.3, 0.4) is 0 Å². The molecule has 0 radical (unpaired) electrons. The molecule has 5 heteroatoms. The number of carbonyl (C=O) groups is 1. The molecule has 4 aromatic rings. The number of aryl methyl sites for hydroxylation is 1. The van der Waals surface area contributed by atoms with Crippen LogP contribution in [0, 0.1) is 6.92 Å². The Morgan fingerprint density at radius 1 is 1.00 bits per heavy atom. The first-order valence-corrected chi connectivity index (χ1v) is 9.80. The molecule has 0 aliphatic rings. The van der Waals surface area contributed by atoms with Gasteiger partial charge in [-0.25, -0.2) is 5.43 Å². The van der Waals surface area contributed by atoms with E-state index in [1.807, 2.05) is 42.5 Å². The highest BCUT2D eigenvalue weighted by atomic mass is 16.2. The Kier molecular flexibility index (Phi) is 5.29. The van der Waals surface area contributed by atoms with E-state index >= 15 is 0 Å². The van der Waals surface area contributed by atoms with Crippen molar-refractivity contribution in [1.82, 2.24) is 9.99 Å². The van der Waals surface area contributed by atoms with Crippen LogP contribution in [0.5, 0.6) is 0 Å². The summed E-state index contributed by atoms with van der Waals surface area (Å²) in [6, 6.07) is 22.4. The van der Waals surface area contributed by atoms with E-state index in [2.05, 4.69) is 58.5 Å².